The van der Waals surface area contributed by atoms with Gasteiger partial charge in [-0.05, 0) is 0 Å². The minimum atomic E-state index is 0.511. The van der Waals surface area contributed by atoms with Crippen molar-refractivity contribution in [3.8, 4) is 0 Å². The number of aromatic amines is 1. The van der Waals surface area contributed by atoms with Crippen molar-refractivity contribution in [2.75, 3.05) is 12.4 Å². The molecule has 0 aliphatic heterocycles. The molecule has 2 N–H and O–H groups in total. The fraction of sp³-hybridized carbons (Fsp3) is 0.143. The van der Waals surface area contributed by atoms with Crippen molar-refractivity contribution in [3.05, 3.63) is 17.2 Å². The minimum absolute atomic E-state index is 0.511. The van der Waals surface area contributed by atoms with E-state index in [0.29, 0.717) is 16.2 Å². The smallest absolute Gasteiger partial charge is 0.224 e. The molecule has 0 saturated heterocycles. The zero-order valence-corrected chi connectivity index (χ0v) is 7.72. The Bertz CT molecular complexity index is 491. The summed E-state index contributed by atoms with van der Waals surface area (Å²) in [5.74, 6) is 0.560. The Hall–Kier alpha value is -1.56. The fourth-order valence-corrected chi connectivity index (χ4v) is 1.19. The SMILES string of the molecule is CNc1ncc2c(=S)nc[nH]c2n1. The summed E-state index contributed by atoms with van der Waals surface area (Å²) in [5, 5.41) is 3.60. The van der Waals surface area contributed by atoms with Crippen LogP contribution < -0.4 is 5.32 Å². The van der Waals surface area contributed by atoms with Gasteiger partial charge in [-0.15, -0.1) is 0 Å². The summed E-state index contributed by atoms with van der Waals surface area (Å²) in [6.45, 7) is 0. The van der Waals surface area contributed by atoms with Gasteiger partial charge in [-0.1, -0.05) is 12.2 Å². The molecule has 0 amide bonds. The number of fused-ring (bicyclic) bond motifs is 1. The van der Waals surface area contributed by atoms with Crippen LogP contribution in [0.1, 0.15) is 0 Å². The topological polar surface area (TPSA) is 66.5 Å². The van der Waals surface area contributed by atoms with Gasteiger partial charge in [0.15, 0.2) is 0 Å². The standard InChI is InChI=1S/C7H7N5S/c1-8-7-9-2-4-5(12-7)10-3-11-6(4)13/h2-3H,1H3,(H2,8,9,10,11,12,13). The quantitative estimate of drug-likeness (QED) is 0.664. The lowest BCUT2D eigenvalue weighted by Gasteiger charge is -1.99. The Morgan fingerprint density at radius 3 is 3.08 bits per heavy atom. The van der Waals surface area contributed by atoms with E-state index in [1.54, 1.807) is 13.2 Å². The maximum atomic E-state index is 5.00. The Balaban J connectivity index is 2.80. The Morgan fingerprint density at radius 1 is 1.46 bits per heavy atom. The molecule has 5 nitrogen and oxygen atoms in total. The first-order chi connectivity index (χ1) is 6.31. The summed E-state index contributed by atoms with van der Waals surface area (Å²) in [5.41, 5.74) is 0.694. The largest absolute Gasteiger partial charge is 0.357 e. The first-order valence-corrected chi connectivity index (χ1v) is 4.10. The average molecular weight is 193 g/mol. The van der Waals surface area contributed by atoms with Gasteiger partial charge in [0.05, 0.1) is 11.7 Å². The van der Waals surface area contributed by atoms with E-state index in [1.807, 2.05) is 0 Å². The molecule has 13 heavy (non-hydrogen) atoms. The molecule has 0 unspecified atom stereocenters. The highest BCUT2D eigenvalue weighted by atomic mass is 32.1. The zero-order chi connectivity index (χ0) is 9.26. The molecule has 2 rings (SSSR count). The van der Waals surface area contributed by atoms with Gasteiger partial charge in [-0.2, -0.15) is 4.98 Å². The number of nitrogens with zero attached hydrogens (tertiary/aromatic N) is 3. The third-order valence-corrected chi connectivity index (χ3v) is 1.95. The number of nitrogens with one attached hydrogen (secondary N) is 2. The number of rotatable bonds is 1. The predicted octanol–water partition coefficient (Wildman–Crippen LogP) is 1.12. The molecule has 0 aliphatic rings. The monoisotopic (exact) mass is 193 g/mol. The molecule has 0 atom stereocenters. The van der Waals surface area contributed by atoms with Crippen molar-refractivity contribution >= 4 is 29.2 Å². The summed E-state index contributed by atoms with van der Waals surface area (Å²) >= 11 is 5.00. The number of H-pyrrole nitrogens is 1. The third kappa shape index (κ3) is 1.35. The normalized spacial score (nSPS) is 10.2. The summed E-state index contributed by atoms with van der Waals surface area (Å²) < 4.78 is 0.511. The highest BCUT2D eigenvalue weighted by Gasteiger charge is 1.99. The summed E-state index contributed by atoms with van der Waals surface area (Å²) in [6.07, 6.45) is 3.18. The lowest BCUT2D eigenvalue weighted by atomic mass is 10.4. The van der Waals surface area contributed by atoms with Crippen LogP contribution in [0.2, 0.25) is 0 Å². The summed E-state index contributed by atoms with van der Waals surface area (Å²) in [7, 11) is 1.76. The average Bonchev–Trinajstić information content (AvgIpc) is 2.18. The zero-order valence-electron chi connectivity index (χ0n) is 6.90. The minimum Gasteiger partial charge on any atom is -0.357 e. The van der Waals surface area contributed by atoms with Crippen LogP contribution >= 0.6 is 12.2 Å². The molecule has 0 fully saturated rings. The molecule has 66 valence electrons. The van der Waals surface area contributed by atoms with Gasteiger partial charge in [0.25, 0.3) is 0 Å². The van der Waals surface area contributed by atoms with Gasteiger partial charge < -0.3 is 10.3 Å². The van der Waals surface area contributed by atoms with Crippen LogP contribution in [0.25, 0.3) is 11.0 Å². The molecular weight excluding hydrogens is 186 g/mol. The van der Waals surface area contributed by atoms with E-state index in [-0.39, 0.29) is 0 Å². The van der Waals surface area contributed by atoms with Crippen LogP contribution in [0.4, 0.5) is 5.95 Å². The molecule has 0 radical (unpaired) electrons. The lowest BCUT2D eigenvalue weighted by Crippen LogP contribution is -1.97. The molecule has 0 bridgehead atoms. The van der Waals surface area contributed by atoms with Crippen molar-refractivity contribution in [3.63, 3.8) is 0 Å². The van der Waals surface area contributed by atoms with Gasteiger partial charge in [0.2, 0.25) is 5.95 Å². The second-order valence-electron chi connectivity index (χ2n) is 2.41. The van der Waals surface area contributed by atoms with Crippen molar-refractivity contribution in [1.29, 1.82) is 0 Å². The maximum absolute atomic E-state index is 5.00. The first kappa shape index (κ1) is 8.06. The van der Waals surface area contributed by atoms with Crippen molar-refractivity contribution in [1.82, 2.24) is 19.9 Å². The lowest BCUT2D eigenvalue weighted by molar-refractivity contribution is 1.12. The number of hydrogen-bond acceptors (Lipinski definition) is 5. The Kier molecular flexibility index (Phi) is 1.90. The molecule has 2 aromatic heterocycles. The Labute approximate surface area is 79.3 Å². The molecule has 2 aromatic rings. The van der Waals surface area contributed by atoms with E-state index in [1.165, 1.54) is 6.33 Å². The molecule has 2 heterocycles. The molecular formula is C7H7N5S. The van der Waals surface area contributed by atoms with E-state index in [2.05, 4.69) is 25.3 Å². The fourth-order valence-electron chi connectivity index (χ4n) is 0.990. The van der Waals surface area contributed by atoms with Gasteiger partial charge in [0, 0.05) is 13.2 Å². The van der Waals surface area contributed by atoms with Crippen molar-refractivity contribution in [2.24, 2.45) is 0 Å². The van der Waals surface area contributed by atoms with Gasteiger partial charge in [-0.25, -0.2) is 9.97 Å². The van der Waals surface area contributed by atoms with Crippen molar-refractivity contribution < 1.29 is 0 Å². The molecule has 0 spiro atoms. The van der Waals surface area contributed by atoms with Crippen LogP contribution in [-0.4, -0.2) is 27.0 Å². The second kappa shape index (κ2) is 3.06. The van der Waals surface area contributed by atoms with Crippen LogP contribution in [0.5, 0.6) is 0 Å². The predicted molar refractivity (Wildman–Crippen MR) is 52.1 cm³/mol. The van der Waals surface area contributed by atoms with Gasteiger partial charge in [0.1, 0.15) is 10.3 Å². The highest BCUT2D eigenvalue weighted by Crippen LogP contribution is 2.08. The number of hydrogen-bond donors (Lipinski definition) is 2. The third-order valence-electron chi connectivity index (χ3n) is 1.63. The van der Waals surface area contributed by atoms with Crippen molar-refractivity contribution in [2.45, 2.75) is 0 Å². The van der Waals surface area contributed by atoms with Crippen LogP contribution in [-0.2, 0) is 0 Å². The maximum Gasteiger partial charge on any atom is 0.224 e. The Morgan fingerprint density at radius 2 is 2.31 bits per heavy atom. The van der Waals surface area contributed by atoms with E-state index in [9.17, 15) is 0 Å². The summed E-state index contributed by atoms with van der Waals surface area (Å²) in [4.78, 5) is 15.0. The van der Waals surface area contributed by atoms with E-state index in [4.69, 9.17) is 12.2 Å². The first-order valence-electron chi connectivity index (χ1n) is 3.69. The number of anilines is 1. The van der Waals surface area contributed by atoms with E-state index < -0.39 is 0 Å². The van der Waals surface area contributed by atoms with Crippen LogP contribution in [0.15, 0.2) is 12.5 Å². The second-order valence-corrected chi connectivity index (χ2v) is 2.80. The molecule has 0 aliphatic carbocycles. The number of aromatic nitrogens is 4. The molecule has 0 aromatic carbocycles. The van der Waals surface area contributed by atoms with Crippen LogP contribution in [0.3, 0.4) is 0 Å². The molecule has 0 saturated carbocycles. The van der Waals surface area contributed by atoms with Crippen LogP contribution in [0, 0.1) is 4.64 Å². The highest BCUT2D eigenvalue weighted by molar-refractivity contribution is 7.71. The van der Waals surface area contributed by atoms with Gasteiger partial charge >= 0.3 is 0 Å². The molecule has 6 heteroatoms. The van der Waals surface area contributed by atoms with E-state index >= 15 is 0 Å². The van der Waals surface area contributed by atoms with Gasteiger partial charge in [-0.3, -0.25) is 0 Å². The summed E-state index contributed by atoms with van der Waals surface area (Å²) in [6, 6.07) is 0. The van der Waals surface area contributed by atoms with E-state index in [0.717, 1.165) is 5.39 Å².